The summed E-state index contributed by atoms with van der Waals surface area (Å²) in [4.78, 5) is 11.0. The van der Waals surface area contributed by atoms with Crippen LogP contribution in [0.1, 0.15) is 22.9 Å². The fourth-order valence-electron chi connectivity index (χ4n) is 1.28. The number of rotatable bonds is 3. The molecule has 0 aliphatic heterocycles. The highest BCUT2D eigenvalue weighted by molar-refractivity contribution is 9.09. The number of hydrogen-bond donors (Lipinski definition) is 0. The molecule has 1 aromatic carbocycles. The second-order valence-corrected chi connectivity index (χ2v) is 4.11. The number of alkyl halides is 1. The van der Waals surface area contributed by atoms with E-state index >= 15 is 0 Å². The van der Waals surface area contributed by atoms with Crippen LogP contribution in [-0.2, 0) is 4.79 Å². The van der Waals surface area contributed by atoms with Gasteiger partial charge in [-0.1, -0.05) is 22.0 Å². The SMILES string of the molecule is COc1ccc(C(Br)C(C)=O)c(C)c1. The van der Waals surface area contributed by atoms with Crippen LogP contribution < -0.4 is 4.74 Å². The van der Waals surface area contributed by atoms with E-state index < -0.39 is 0 Å². The third-order valence-electron chi connectivity index (χ3n) is 2.11. The largest absolute Gasteiger partial charge is 0.497 e. The first kappa shape index (κ1) is 11.2. The van der Waals surface area contributed by atoms with E-state index in [0.717, 1.165) is 16.9 Å². The molecule has 0 saturated carbocycles. The molecule has 0 aliphatic rings. The molecule has 0 aliphatic carbocycles. The summed E-state index contributed by atoms with van der Waals surface area (Å²) in [5, 5.41) is 0. The maximum absolute atomic E-state index is 11.2. The van der Waals surface area contributed by atoms with Gasteiger partial charge in [0, 0.05) is 0 Å². The molecule has 14 heavy (non-hydrogen) atoms. The lowest BCUT2D eigenvalue weighted by Gasteiger charge is -2.11. The van der Waals surface area contributed by atoms with Gasteiger partial charge in [-0.2, -0.15) is 0 Å². The van der Waals surface area contributed by atoms with Gasteiger partial charge in [0.1, 0.15) is 11.5 Å². The predicted octanol–water partition coefficient (Wildman–Crippen LogP) is 3.03. The summed E-state index contributed by atoms with van der Waals surface area (Å²) in [5.74, 6) is 0.924. The van der Waals surface area contributed by atoms with Crippen molar-refractivity contribution in [2.75, 3.05) is 7.11 Å². The zero-order valence-electron chi connectivity index (χ0n) is 8.50. The number of benzene rings is 1. The average molecular weight is 257 g/mol. The smallest absolute Gasteiger partial charge is 0.147 e. The lowest BCUT2D eigenvalue weighted by molar-refractivity contribution is -0.116. The van der Waals surface area contributed by atoms with Crippen molar-refractivity contribution in [3.8, 4) is 5.75 Å². The Morgan fingerprint density at radius 2 is 2.14 bits per heavy atom. The van der Waals surface area contributed by atoms with E-state index in [2.05, 4.69) is 15.9 Å². The van der Waals surface area contributed by atoms with E-state index in [0.29, 0.717) is 0 Å². The summed E-state index contributed by atoms with van der Waals surface area (Å²) in [6.45, 7) is 3.54. The Balaban J connectivity index is 3.05. The molecule has 76 valence electrons. The Labute approximate surface area is 92.4 Å². The van der Waals surface area contributed by atoms with Crippen LogP contribution in [0.25, 0.3) is 0 Å². The van der Waals surface area contributed by atoms with Crippen LogP contribution in [0, 0.1) is 6.92 Å². The Bertz CT molecular complexity index is 347. The standard InChI is InChI=1S/C11H13BrO2/c1-7-6-9(14-3)4-5-10(7)11(12)8(2)13/h4-6,11H,1-3H3. The zero-order chi connectivity index (χ0) is 10.7. The van der Waals surface area contributed by atoms with E-state index in [4.69, 9.17) is 4.74 Å². The Hall–Kier alpha value is -0.830. The molecule has 1 unspecified atom stereocenters. The third kappa shape index (κ3) is 2.35. The van der Waals surface area contributed by atoms with Crippen LogP contribution in [0.15, 0.2) is 18.2 Å². The fourth-order valence-corrected chi connectivity index (χ4v) is 1.79. The molecule has 0 aromatic heterocycles. The van der Waals surface area contributed by atoms with Crippen molar-refractivity contribution in [3.05, 3.63) is 29.3 Å². The minimum absolute atomic E-state index is 0.110. The van der Waals surface area contributed by atoms with Gasteiger partial charge in [0.25, 0.3) is 0 Å². The Morgan fingerprint density at radius 1 is 1.50 bits per heavy atom. The van der Waals surface area contributed by atoms with E-state index in [-0.39, 0.29) is 10.6 Å². The molecule has 0 amide bonds. The maximum Gasteiger partial charge on any atom is 0.147 e. The Morgan fingerprint density at radius 3 is 2.57 bits per heavy atom. The quantitative estimate of drug-likeness (QED) is 0.778. The third-order valence-corrected chi connectivity index (χ3v) is 3.24. The summed E-state index contributed by atoms with van der Waals surface area (Å²) in [6.07, 6.45) is 0. The molecule has 3 heteroatoms. The van der Waals surface area contributed by atoms with Gasteiger partial charge in [-0.05, 0) is 37.1 Å². The van der Waals surface area contributed by atoms with E-state index in [1.54, 1.807) is 14.0 Å². The van der Waals surface area contributed by atoms with Gasteiger partial charge in [0.2, 0.25) is 0 Å². The number of aryl methyl sites for hydroxylation is 1. The molecule has 0 bridgehead atoms. The number of halogens is 1. The van der Waals surface area contributed by atoms with Gasteiger partial charge in [0.15, 0.2) is 0 Å². The number of Topliss-reactive ketones (excluding diaryl/α,β-unsaturated/α-hetero) is 1. The van der Waals surface area contributed by atoms with Crippen molar-refractivity contribution >= 4 is 21.7 Å². The monoisotopic (exact) mass is 256 g/mol. The fraction of sp³-hybridized carbons (Fsp3) is 0.364. The minimum atomic E-state index is -0.214. The Kier molecular flexibility index (Phi) is 3.69. The number of ketones is 1. The van der Waals surface area contributed by atoms with Crippen LogP contribution in [0.2, 0.25) is 0 Å². The number of carbonyl (C=O) groups excluding carboxylic acids is 1. The maximum atomic E-state index is 11.2. The highest BCUT2D eigenvalue weighted by atomic mass is 79.9. The van der Waals surface area contributed by atoms with Crippen molar-refractivity contribution in [2.45, 2.75) is 18.7 Å². The molecule has 1 aromatic rings. The lowest BCUT2D eigenvalue weighted by Crippen LogP contribution is -2.03. The topological polar surface area (TPSA) is 26.3 Å². The lowest BCUT2D eigenvalue weighted by atomic mass is 10.0. The van der Waals surface area contributed by atoms with Gasteiger partial charge >= 0.3 is 0 Å². The summed E-state index contributed by atoms with van der Waals surface area (Å²) < 4.78 is 5.09. The molecule has 1 rings (SSSR count). The van der Waals surface area contributed by atoms with E-state index in [1.165, 1.54) is 0 Å². The summed E-state index contributed by atoms with van der Waals surface area (Å²) in [6, 6.07) is 5.70. The number of carbonyl (C=O) groups is 1. The average Bonchev–Trinajstić information content (AvgIpc) is 2.16. The molecule has 1 atom stereocenters. The molecule has 0 radical (unpaired) electrons. The van der Waals surface area contributed by atoms with Crippen LogP contribution in [0.5, 0.6) is 5.75 Å². The van der Waals surface area contributed by atoms with Crippen LogP contribution in [0.4, 0.5) is 0 Å². The van der Waals surface area contributed by atoms with Crippen LogP contribution in [0.3, 0.4) is 0 Å². The first-order chi connectivity index (χ1) is 6.56. The predicted molar refractivity (Wildman–Crippen MR) is 60.1 cm³/mol. The molecular weight excluding hydrogens is 244 g/mol. The highest BCUT2D eigenvalue weighted by Crippen LogP contribution is 2.28. The van der Waals surface area contributed by atoms with Crippen LogP contribution >= 0.6 is 15.9 Å². The molecule has 0 saturated heterocycles. The molecular formula is C11H13BrO2. The summed E-state index contributed by atoms with van der Waals surface area (Å²) >= 11 is 3.36. The summed E-state index contributed by atoms with van der Waals surface area (Å²) in [5.41, 5.74) is 2.06. The normalized spacial score (nSPS) is 12.3. The zero-order valence-corrected chi connectivity index (χ0v) is 10.1. The molecule has 0 fully saturated rings. The van der Waals surface area contributed by atoms with Gasteiger partial charge in [-0.3, -0.25) is 4.79 Å². The first-order valence-electron chi connectivity index (χ1n) is 4.35. The van der Waals surface area contributed by atoms with Gasteiger partial charge < -0.3 is 4.74 Å². The molecule has 0 heterocycles. The minimum Gasteiger partial charge on any atom is -0.497 e. The van der Waals surface area contributed by atoms with Crippen molar-refractivity contribution in [1.82, 2.24) is 0 Å². The summed E-state index contributed by atoms with van der Waals surface area (Å²) in [7, 11) is 1.63. The second-order valence-electron chi connectivity index (χ2n) is 3.20. The molecule has 2 nitrogen and oxygen atoms in total. The van der Waals surface area contributed by atoms with E-state index in [1.807, 2.05) is 25.1 Å². The molecule has 0 spiro atoms. The van der Waals surface area contributed by atoms with E-state index in [9.17, 15) is 4.79 Å². The number of methoxy groups -OCH3 is 1. The number of hydrogen-bond acceptors (Lipinski definition) is 2. The van der Waals surface area contributed by atoms with Gasteiger partial charge in [-0.15, -0.1) is 0 Å². The second kappa shape index (κ2) is 4.60. The first-order valence-corrected chi connectivity index (χ1v) is 5.27. The van der Waals surface area contributed by atoms with Gasteiger partial charge in [0.05, 0.1) is 11.9 Å². The van der Waals surface area contributed by atoms with Crippen molar-refractivity contribution in [3.63, 3.8) is 0 Å². The van der Waals surface area contributed by atoms with Crippen molar-refractivity contribution < 1.29 is 9.53 Å². The van der Waals surface area contributed by atoms with Crippen molar-refractivity contribution in [1.29, 1.82) is 0 Å². The number of ether oxygens (including phenoxy) is 1. The molecule has 0 N–H and O–H groups in total. The van der Waals surface area contributed by atoms with Gasteiger partial charge in [-0.25, -0.2) is 0 Å². The van der Waals surface area contributed by atoms with Crippen molar-refractivity contribution in [2.24, 2.45) is 0 Å². The van der Waals surface area contributed by atoms with Crippen LogP contribution in [-0.4, -0.2) is 12.9 Å². The highest BCUT2D eigenvalue weighted by Gasteiger charge is 2.14.